The molecule has 0 saturated heterocycles. The molecule has 0 fully saturated rings. The first-order chi connectivity index (χ1) is 10.1. The summed E-state index contributed by atoms with van der Waals surface area (Å²) in [6, 6.07) is 2.13. The van der Waals surface area contributed by atoms with Crippen molar-refractivity contribution in [1.29, 1.82) is 5.26 Å². The first-order valence-electron chi connectivity index (χ1n) is 8.22. The molecule has 5 heteroatoms. The number of nitriles is 1. The van der Waals surface area contributed by atoms with Gasteiger partial charge in [-0.05, 0) is 29.2 Å². The van der Waals surface area contributed by atoms with Crippen molar-refractivity contribution in [3.8, 4) is 6.07 Å². The number of aliphatic hydroxyl groups is 1. The molecule has 0 aromatic carbocycles. The van der Waals surface area contributed by atoms with Crippen molar-refractivity contribution in [3.05, 3.63) is 24.0 Å². The highest BCUT2D eigenvalue weighted by Gasteiger charge is 2.41. The van der Waals surface area contributed by atoms with Crippen LogP contribution in [0.25, 0.3) is 0 Å². The lowest BCUT2D eigenvalue weighted by molar-refractivity contribution is 0.284. The van der Waals surface area contributed by atoms with Crippen LogP contribution >= 0.6 is 0 Å². The molecule has 0 aromatic heterocycles. The molecule has 0 heterocycles. The topological polar surface area (TPSA) is 53.2 Å². The minimum Gasteiger partial charge on any atom is -0.536 e. The summed E-state index contributed by atoms with van der Waals surface area (Å²) >= 11 is 0. The second-order valence-corrected chi connectivity index (χ2v) is 19.6. The van der Waals surface area contributed by atoms with E-state index in [-0.39, 0.29) is 10.1 Å². The average Bonchev–Trinajstić information content (AvgIpc) is 2.34. The fraction of sp³-hybridized carbons (Fsp3) is 0.722. The highest BCUT2D eigenvalue weighted by Crippen LogP contribution is 2.39. The van der Waals surface area contributed by atoms with Crippen molar-refractivity contribution in [1.82, 2.24) is 0 Å². The fourth-order valence-electron chi connectivity index (χ4n) is 1.45. The molecule has 0 aliphatic rings. The molecule has 3 nitrogen and oxygen atoms in total. The number of allylic oxidation sites excluding steroid dienone is 3. The lowest BCUT2D eigenvalue weighted by atomic mass is 10.2. The summed E-state index contributed by atoms with van der Waals surface area (Å²) < 4.78 is 6.00. The highest BCUT2D eigenvalue weighted by atomic mass is 28.4. The van der Waals surface area contributed by atoms with Crippen LogP contribution in [-0.2, 0) is 4.43 Å². The van der Waals surface area contributed by atoms with E-state index in [1.165, 1.54) is 0 Å². The van der Waals surface area contributed by atoms with Crippen LogP contribution in [0.4, 0.5) is 0 Å². The Kier molecular flexibility index (Phi) is 7.10. The van der Waals surface area contributed by atoms with Gasteiger partial charge in [-0.1, -0.05) is 66.8 Å². The van der Waals surface area contributed by atoms with Gasteiger partial charge in [-0.2, -0.15) is 5.26 Å². The minimum absolute atomic E-state index is 0.0489. The van der Waals surface area contributed by atoms with E-state index in [4.69, 9.17) is 4.43 Å². The summed E-state index contributed by atoms with van der Waals surface area (Å²) in [6.45, 7) is 21.6. The molecule has 0 radical (unpaired) electrons. The van der Waals surface area contributed by atoms with Crippen LogP contribution in [0.3, 0.4) is 0 Å². The molecule has 0 amide bonds. The van der Waals surface area contributed by atoms with E-state index in [1.807, 2.05) is 0 Å². The van der Waals surface area contributed by atoms with E-state index in [0.717, 1.165) is 0 Å². The molecule has 0 rings (SSSR count). The van der Waals surface area contributed by atoms with E-state index >= 15 is 0 Å². The Labute approximate surface area is 145 Å². The zero-order chi connectivity index (χ0) is 18.7. The maximum atomic E-state index is 10.5. The second kappa shape index (κ2) is 7.37. The number of nitrogens with zero attached hydrogens (tertiary/aromatic N) is 1. The molecule has 0 saturated carbocycles. The Morgan fingerprint density at radius 1 is 1.04 bits per heavy atom. The van der Waals surface area contributed by atoms with Gasteiger partial charge >= 0.3 is 0 Å². The van der Waals surface area contributed by atoms with Crippen molar-refractivity contribution in [2.75, 3.05) is 0 Å². The first-order valence-corrected chi connectivity index (χ1v) is 14.2. The fourth-order valence-corrected chi connectivity index (χ4v) is 3.90. The summed E-state index contributed by atoms with van der Waals surface area (Å²) in [7, 11) is -3.85. The number of hydrogen-bond acceptors (Lipinski definition) is 3. The number of hydrogen-bond donors (Lipinski definition) is 1. The second-order valence-electron chi connectivity index (χ2n) is 9.31. The van der Waals surface area contributed by atoms with Crippen molar-refractivity contribution < 1.29 is 9.53 Å². The van der Waals surface area contributed by atoms with Crippen LogP contribution in [-0.4, -0.2) is 27.2 Å². The molecule has 0 spiro atoms. The van der Waals surface area contributed by atoms with E-state index in [2.05, 4.69) is 73.8 Å². The van der Waals surface area contributed by atoms with E-state index < -0.39 is 22.1 Å². The smallest absolute Gasteiger partial charge is 0.251 e. The van der Waals surface area contributed by atoms with Gasteiger partial charge in [0.25, 0.3) is 8.32 Å². The molecular formula is C18H35NO2Si2. The van der Waals surface area contributed by atoms with E-state index in [9.17, 15) is 10.4 Å². The maximum absolute atomic E-state index is 10.5. The lowest BCUT2D eigenvalue weighted by Gasteiger charge is -2.39. The van der Waals surface area contributed by atoms with Crippen LogP contribution in [0, 0.1) is 11.3 Å². The number of rotatable bonds is 5. The minimum atomic E-state index is -2.01. The summed E-state index contributed by atoms with van der Waals surface area (Å²) in [5, 5.41) is 19.9. The lowest BCUT2D eigenvalue weighted by Crippen LogP contribution is -2.48. The summed E-state index contributed by atoms with van der Waals surface area (Å²) in [5.41, 5.74) is -0.452. The van der Waals surface area contributed by atoms with Crippen molar-refractivity contribution >= 4 is 16.4 Å². The van der Waals surface area contributed by atoms with Crippen LogP contribution in [0.2, 0.25) is 36.3 Å². The molecule has 1 unspecified atom stereocenters. The maximum Gasteiger partial charge on any atom is 0.251 e. The van der Waals surface area contributed by atoms with Gasteiger partial charge in [-0.15, -0.1) is 0 Å². The van der Waals surface area contributed by atoms with Crippen LogP contribution in [0.1, 0.15) is 41.5 Å². The molecular weight excluding hydrogens is 318 g/mol. The zero-order valence-electron chi connectivity index (χ0n) is 16.6. The van der Waals surface area contributed by atoms with Gasteiger partial charge in [0.05, 0.1) is 13.8 Å². The Bertz CT molecular complexity index is 501. The van der Waals surface area contributed by atoms with Crippen LogP contribution < -0.4 is 0 Å². The van der Waals surface area contributed by atoms with Crippen LogP contribution in [0.15, 0.2) is 24.0 Å². The molecule has 0 aliphatic carbocycles. The Morgan fingerprint density at radius 2 is 1.52 bits per heavy atom. The predicted molar refractivity (Wildman–Crippen MR) is 104 cm³/mol. The standard InChI is InChI=1S/C18H35NO2Si2/c1-17(2,3)22(7,8)16(20)13-11-12-15(14-19)21-23(9,10)18(4,5)6/h11-13,16,20H,1-10H3/b13-11+,15-12-. The third kappa shape index (κ3) is 5.94. The predicted octanol–water partition coefficient (Wildman–Crippen LogP) is 5.38. The first kappa shape index (κ1) is 22.2. The summed E-state index contributed by atoms with van der Waals surface area (Å²) in [5.74, 6) is 0.329. The SMILES string of the molecule is CC(C)(C)[Si](C)(C)O/C(C#N)=C\C=C\C(O)[Si](C)(C)C(C)(C)C. The van der Waals surface area contributed by atoms with Gasteiger partial charge < -0.3 is 9.53 Å². The third-order valence-electron chi connectivity index (χ3n) is 5.49. The monoisotopic (exact) mass is 353 g/mol. The van der Waals surface area contributed by atoms with Gasteiger partial charge in [-0.25, -0.2) is 0 Å². The van der Waals surface area contributed by atoms with Crippen molar-refractivity contribution in [2.24, 2.45) is 0 Å². The summed E-state index contributed by atoms with van der Waals surface area (Å²) in [4.78, 5) is 0. The van der Waals surface area contributed by atoms with Gasteiger partial charge in [0, 0.05) is 0 Å². The quantitative estimate of drug-likeness (QED) is 0.312. The van der Waals surface area contributed by atoms with Gasteiger partial charge in [-0.3, -0.25) is 0 Å². The average molecular weight is 354 g/mol. The Hall–Kier alpha value is -0.836. The number of aliphatic hydroxyl groups excluding tert-OH is 1. The molecule has 1 N–H and O–H groups in total. The van der Waals surface area contributed by atoms with E-state index in [1.54, 1.807) is 18.2 Å². The summed E-state index contributed by atoms with van der Waals surface area (Å²) in [6.07, 6.45) is 5.23. The molecule has 0 aliphatic heterocycles. The molecule has 23 heavy (non-hydrogen) atoms. The Balaban J connectivity index is 5.16. The molecule has 132 valence electrons. The van der Waals surface area contributed by atoms with E-state index in [0.29, 0.717) is 5.76 Å². The van der Waals surface area contributed by atoms with Gasteiger partial charge in [0.15, 0.2) is 5.76 Å². The van der Waals surface area contributed by atoms with Gasteiger partial charge in [0.2, 0.25) is 0 Å². The van der Waals surface area contributed by atoms with Crippen molar-refractivity contribution in [3.63, 3.8) is 0 Å². The molecule has 0 aromatic rings. The Morgan fingerprint density at radius 3 is 1.87 bits per heavy atom. The van der Waals surface area contributed by atoms with Crippen molar-refractivity contribution in [2.45, 2.75) is 83.5 Å². The van der Waals surface area contributed by atoms with Gasteiger partial charge in [0.1, 0.15) is 6.07 Å². The zero-order valence-corrected chi connectivity index (χ0v) is 18.6. The third-order valence-corrected chi connectivity index (χ3v) is 15.4. The molecule has 0 bridgehead atoms. The highest BCUT2D eigenvalue weighted by molar-refractivity contribution is 6.81. The normalized spacial score (nSPS) is 16.3. The largest absolute Gasteiger partial charge is 0.536 e. The van der Waals surface area contributed by atoms with Crippen LogP contribution in [0.5, 0.6) is 0 Å². The molecule has 1 atom stereocenters.